The van der Waals surface area contributed by atoms with Crippen LogP contribution in [0.25, 0.3) is 0 Å². The predicted molar refractivity (Wildman–Crippen MR) is 79.1 cm³/mol. The minimum Gasteiger partial charge on any atom is -0.461 e. The average Bonchev–Trinajstić information content (AvgIpc) is 2.56. The van der Waals surface area contributed by atoms with Crippen LogP contribution in [0.1, 0.15) is 53.4 Å². The van der Waals surface area contributed by atoms with Crippen LogP contribution in [0.2, 0.25) is 0 Å². The predicted octanol–water partition coefficient (Wildman–Crippen LogP) is 3.32. The Bertz CT molecular complexity index is 410. The van der Waals surface area contributed by atoms with Crippen molar-refractivity contribution in [3.05, 3.63) is 11.6 Å². The van der Waals surface area contributed by atoms with E-state index >= 15 is 0 Å². The van der Waals surface area contributed by atoms with Gasteiger partial charge in [0, 0.05) is 13.5 Å². The van der Waals surface area contributed by atoms with Crippen LogP contribution in [0.5, 0.6) is 0 Å². The first-order valence-electron chi connectivity index (χ1n) is 7.76. The van der Waals surface area contributed by atoms with Gasteiger partial charge in [0.15, 0.2) is 0 Å². The third kappa shape index (κ3) is 2.65. The van der Waals surface area contributed by atoms with E-state index in [1.165, 1.54) is 25.3 Å². The first-order valence-corrected chi connectivity index (χ1v) is 7.76. The number of esters is 1. The molecule has 3 nitrogen and oxygen atoms in total. The molecule has 1 fully saturated rings. The fraction of sp³-hybridized carbons (Fsp3) is 0.824. The molecule has 1 saturated carbocycles. The van der Waals surface area contributed by atoms with E-state index in [1.807, 2.05) is 0 Å². The van der Waals surface area contributed by atoms with Gasteiger partial charge in [0.2, 0.25) is 0 Å². The fourth-order valence-corrected chi connectivity index (χ4v) is 4.38. The lowest BCUT2D eigenvalue weighted by Gasteiger charge is -2.38. The number of hydrogen-bond donors (Lipinski definition) is 1. The summed E-state index contributed by atoms with van der Waals surface area (Å²) in [4.78, 5) is 11.1. The molecular weight excluding hydrogens is 252 g/mol. The van der Waals surface area contributed by atoms with Gasteiger partial charge in [-0.05, 0) is 47.5 Å². The number of carbonyl (C=O) groups excluding carboxylic acids is 1. The van der Waals surface area contributed by atoms with E-state index in [4.69, 9.17) is 4.74 Å². The highest BCUT2D eigenvalue weighted by Gasteiger charge is 2.52. The number of aliphatic hydroxyl groups is 1. The molecule has 2 bridgehead atoms. The monoisotopic (exact) mass is 280 g/mol. The van der Waals surface area contributed by atoms with Crippen molar-refractivity contribution < 1.29 is 14.6 Å². The van der Waals surface area contributed by atoms with Gasteiger partial charge in [0.05, 0.1) is 0 Å². The zero-order valence-electron chi connectivity index (χ0n) is 13.2. The normalized spacial score (nSPS) is 35.4. The van der Waals surface area contributed by atoms with Gasteiger partial charge in [-0.25, -0.2) is 0 Å². The van der Waals surface area contributed by atoms with Crippen molar-refractivity contribution >= 4 is 5.97 Å². The number of carbonyl (C=O) groups is 1. The Kier molecular flexibility index (Phi) is 4.29. The van der Waals surface area contributed by atoms with E-state index in [2.05, 4.69) is 26.8 Å². The second kappa shape index (κ2) is 5.51. The molecular formula is C17H28O3. The standard InChI is InChI=1S/C17H28O3/c1-12(19)20-11-13-10-15-14(6-9-18)17(13,4)8-5-7-16(15,2)3/h10,14-15,18H,5-9,11H2,1-4H3/t14-,15+,17-/m0/s1. The smallest absolute Gasteiger partial charge is 0.302 e. The molecule has 114 valence electrons. The summed E-state index contributed by atoms with van der Waals surface area (Å²) < 4.78 is 5.26. The third-order valence-corrected chi connectivity index (χ3v) is 5.66. The first kappa shape index (κ1) is 15.6. The second-order valence-electron chi connectivity index (χ2n) is 7.38. The maximum atomic E-state index is 11.1. The third-order valence-electron chi connectivity index (χ3n) is 5.66. The average molecular weight is 280 g/mol. The van der Waals surface area contributed by atoms with Crippen LogP contribution in [-0.4, -0.2) is 24.3 Å². The van der Waals surface area contributed by atoms with Crippen LogP contribution in [0, 0.1) is 22.7 Å². The summed E-state index contributed by atoms with van der Waals surface area (Å²) in [5.74, 6) is 0.731. The maximum Gasteiger partial charge on any atom is 0.302 e. The topological polar surface area (TPSA) is 46.5 Å². The van der Waals surface area contributed by atoms with Gasteiger partial charge in [-0.2, -0.15) is 0 Å². The Hall–Kier alpha value is -0.830. The zero-order valence-corrected chi connectivity index (χ0v) is 13.2. The summed E-state index contributed by atoms with van der Waals surface area (Å²) >= 11 is 0. The molecule has 3 heteroatoms. The molecule has 20 heavy (non-hydrogen) atoms. The van der Waals surface area contributed by atoms with Crippen molar-refractivity contribution in [3.8, 4) is 0 Å². The van der Waals surface area contributed by atoms with Gasteiger partial charge >= 0.3 is 5.97 Å². The highest BCUT2D eigenvalue weighted by Crippen LogP contribution is 2.59. The molecule has 3 atom stereocenters. The highest BCUT2D eigenvalue weighted by atomic mass is 16.5. The maximum absolute atomic E-state index is 11.1. The molecule has 1 N–H and O–H groups in total. The molecule has 0 heterocycles. The van der Waals surface area contributed by atoms with Crippen LogP contribution in [0.3, 0.4) is 0 Å². The SMILES string of the molecule is CC(=O)OCC1=C[C@@H]2[C@H](CCO)[C@@]1(C)CCCC2(C)C. The van der Waals surface area contributed by atoms with Crippen molar-refractivity contribution in [1.29, 1.82) is 0 Å². The molecule has 0 amide bonds. The van der Waals surface area contributed by atoms with Crippen LogP contribution in [0.4, 0.5) is 0 Å². The molecule has 0 aromatic carbocycles. The van der Waals surface area contributed by atoms with E-state index in [-0.39, 0.29) is 23.4 Å². The molecule has 2 rings (SSSR count). The summed E-state index contributed by atoms with van der Waals surface area (Å²) in [6.45, 7) is 9.08. The van der Waals surface area contributed by atoms with Gasteiger partial charge in [-0.3, -0.25) is 4.79 Å². The number of aliphatic hydroxyl groups excluding tert-OH is 1. The number of ether oxygens (including phenoxy) is 1. The van der Waals surface area contributed by atoms with Crippen molar-refractivity contribution in [2.24, 2.45) is 22.7 Å². The van der Waals surface area contributed by atoms with E-state index in [1.54, 1.807) is 0 Å². The van der Waals surface area contributed by atoms with Crippen molar-refractivity contribution in [2.45, 2.75) is 53.4 Å². The van der Waals surface area contributed by atoms with Gasteiger partial charge in [-0.1, -0.05) is 33.3 Å². The number of hydrogen-bond acceptors (Lipinski definition) is 3. The Morgan fingerprint density at radius 1 is 1.40 bits per heavy atom. The highest BCUT2D eigenvalue weighted by molar-refractivity contribution is 5.66. The number of fused-ring (bicyclic) bond motifs is 2. The molecule has 0 aromatic rings. The Balaban J connectivity index is 2.31. The van der Waals surface area contributed by atoms with Crippen LogP contribution in [0.15, 0.2) is 11.6 Å². The molecule has 0 unspecified atom stereocenters. The lowest BCUT2D eigenvalue weighted by molar-refractivity contribution is -0.140. The fourth-order valence-electron chi connectivity index (χ4n) is 4.38. The van der Waals surface area contributed by atoms with Gasteiger partial charge in [0.1, 0.15) is 6.61 Å². The van der Waals surface area contributed by atoms with E-state index in [0.717, 1.165) is 12.8 Å². The summed E-state index contributed by atoms with van der Waals surface area (Å²) in [6.07, 6.45) is 6.75. The Morgan fingerprint density at radius 2 is 2.10 bits per heavy atom. The van der Waals surface area contributed by atoms with Crippen molar-refractivity contribution in [2.75, 3.05) is 13.2 Å². The molecule has 0 aliphatic heterocycles. The molecule has 0 saturated heterocycles. The molecule has 0 radical (unpaired) electrons. The van der Waals surface area contributed by atoms with E-state index in [0.29, 0.717) is 18.4 Å². The van der Waals surface area contributed by atoms with Crippen LogP contribution < -0.4 is 0 Å². The van der Waals surface area contributed by atoms with E-state index in [9.17, 15) is 9.90 Å². The van der Waals surface area contributed by atoms with E-state index < -0.39 is 0 Å². The lowest BCUT2D eigenvalue weighted by Crippen LogP contribution is -2.33. The summed E-state index contributed by atoms with van der Waals surface area (Å²) in [5, 5.41) is 9.45. The van der Waals surface area contributed by atoms with Crippen molar-refractivity contribution in [3.63, 3.8) is 0 Å². The van der Waals surface area contributed by atoms with Crippen LogP contribution >= 0.6 is 0 Å². The Morgan fingerprint density at radius 3 is 2.70 bits per heavy atom. The largest absolute Gasteiger partial charge is 0.461 e. The molecule has 0 aromatic heterocycles. The molecule has 2 aliphatic rings. The Labute approximate surface area is 122 Å². The van der Waals surface area contributed by atoms with Crippen molar-refractivity contribution in [1.82, 2.24) is 0 Å². The molecule has 2 aliphatic carbocycles. The second-order valence-corrected chi connectivity index (χ2v) is 7.38. The van der Waals surface area contributed by atoms with Gasteiger partial charge in [-0.15, -0.1) is 0 Å². The van der Waals surface area contributed by atoms with Gasteiger partial charge in [0.25, 0.3) is 0 Å². The lowest BCUT2D eigenvalue weighted by atomic mass is 9.66. The minimum atomic E-state index is -0.216. The minimum absolute atomic E-state index is 0.0800. The van der Waals surface area contributed by atoms with Gasteiger partial charge < -0.3 is 9.84 Å². The number of allylic oxidation sites excluding steroid dienone is 1. The summed E-state index contributed by atoms with van der Waals surface area (Å²) in [5.41, 5.74) is 1.61. The molecule has 0 spiro atoms. The zero-order chi connectivity index (χ0) is 15.0. The summed E-state index contributed by atoms with van der Waals surface area (Å²) in [6, 6.07) is 0. The number of rotatable bonds is 4. The first-order chi connectivity index (χ1) is 9.31. The quantitative estimate of drug-likeness (QED) is 0.635. The summed E-state index contributed by atoms with van der Waals surface area (Å²) in [7, 11) is 0. The van der Waals surface area contributed by atoms with Crippen LogP contribution in [-0.2, 0) is 9.53 Å².